The molecule has 1 atom stereocenters. The first-order valence-corrected chi connectivity index (χ1v) is 8.66. The number of hydrogen-bond acceptors (Lipinski definition) is 2. The van der Waals surface area contributed by atoms with E-state index in [0.717, 1.165) is 32.0 Å². The third-order valence-corrected chi connectivity index (χ3v) is 4.07. The molecule has 4 nitrogen and oxygen atoms in total. The van der Waals surface area contributed by atoms with Crippen LogP contribution in [-0.4, -0.2) is 43.6 Å². The Balaban J connectivity index is 2.07. The van der Waals surface area contributed by atoms with Gasteiger partial charge in [0.05, 0.1) is 12.6 Å². The predicted molar refractivity (Wildman–Crippen MR) is 94.3 cm³/mol. The van der Waals surface area contributed by atoms with Crippen molar-refractivity contribution in [2.45, 2.75) is 39.2 Å². The Labute approximate surface area is 135 Å². The number of benzene rings is 1. The number of hydrogen-bond donors (Lipinski definition) is 2. The summed E-state index contributed by atoms with van der Waals surface area (Å²) in [5.74, 6) is 0.935. The molecule has 1 unspecified atom stereocenters. The molecule has 1 fully saturated rings. The summed E-state index contributed by atoms with van der Waals surface area (Å²) in [5.41, 5.74) is 1.37. The number of nitrogens with zero attached hydrogens (tertiary/aromatic N) is 2. The van der Waals surface area contributed by atoms with Crippen LogP contribution in [0.15, 0.2) is 35.3 Å². The first-order valence-electron chi connectivity index (χ1n) is 8.66. The van der Waals surface area contributed by atoms with Gasteiger partial charge < -0.3 is 10.6 Å². The summed E-state index contributed by atoms with van der Waals surface area (Å²) in [7, 11) is 0. The van der Waals surface area contributed by atoms with Crippen molar-refractivity contribution in [2.75, 3.05) is 32.7 Å². The van der Waals surface area contributed by atoms with E-state index < -0.39 is 0 Å². The van der Waals surface area contributed by atoms with E-state index in [1.54, 1.807) is 0 Å². The molecule has 0 saturated carbocycles. The summed E-state index contributed by atoms with van der Waals surface area (Å²) in [6.07, 6.45) is 3.72. The molecule has 1 aromatic carbocycles. The van der Waals surface area contributed by atoms with Gasteiger partial charge in [-0.25, -0.2) is 0 Å². The highest BCUT2D eigenvalue weighted by Crippen LogP contribution is 2.25. The molecule has 22 heavy (non-hydrogen) atoms. The Morgan fingerprint density at radius 2 is 1.86 bits per heavy atom. The van der Waals surface area contributed by atoms with Gasteiger partial charge in [0.2, 0.25) is 0 Å². The molecule has 1 aliphatic heterocycles. The Kier molecular flexibility index (Phi) is 7.23. The van der Waals surface area contributed by atoms with E-state index in [4.69, 9.17) is 4.99 Å². The zero-order chi connectivity index (χ0) is 15.6. The third kappa shape index (κ3) is 5.02. The van der Waals surface area contributed by atoms with Crippen LogP contribution in [0.4, 0.5) is 0 Å². The second-order valence-corrected chi connectivity index (χ2v) is 5.82. The number of likely N-dealkylation sites (tertiary alicyclic amines) is 1. The monoisotopic (exact) mass is 302 g/mol. The molecule has 0 bridgehead atoms. The molecule has 122 valence electrons. The van der Waals surface area contributed by atoms with Crippen LogP contribution in [0.1, 0.15) is 44.7 Å². The van der Waals surface area contributed by atoms with Crippen molar-refractivity contribution in [3.05, 3.63) is 35.9 Å². The van der Waals surface area contributed by atoms with Crippen LogP contribution in [0, 0.1) is 0 Å². The average Bonchev–Trinajstić information content (AvgIpc) is 3.08. The fourth-order valence-corrected chi connectivity index (χ4v) is 2.92. The van der Waals surface area contributed by atoms with Crippen molar-refractivity contribution in [3.8, 4) is 0 Å². The normalized spacial score (nSPS) is 17.5. The van der Waals surface area contributed by atoms with Gasteiger partial charge in [-0.1, -0.05) is 37.3 Å². The molecule has 2 rings (SSSR count). The first kappa shape index (κ1) is 16.8. The molecule has 0 aromatic heterocycles. The summed E-state index contributed by atoms with van der Waals surface area (Å²) >= 11 is 0. The number of nitrogens with one attached hydrogen (secondary N) is 2. The van der Waals surface area contributed by atoms with Crippen molar-refractivity contribution in [3.63, 3.8) is 0 Å². The maximum absolute atomic E-state index is 4.83. The lowest BCUT2D eigenvalue weighted by Gasteiger charge is -2.27. The van der Waals surface area contributed by atoms with Crippen LogP contribution in [0.3, 0.4) is 0 Å². The standard InChI is InChI=1S/C18H30N4/c1-3-12-20-18(19-4-2)21-15-17(22-13-8-9-14-22)16-10-6-5-7-11-16/h5-7,10-11,17H,3-4,8-9,12-15H2,1-2H3,(H2,19,20,21). The van der Waals surface area contributed by atoms with Gasteiger partial charge in [-0.05, 0) is 44.8 Å². The first-order chi connectivity index (χ1) is 10.8. The predicted octanol–water partition coefficient (Wildman–Crippen LogP) is 2.79. The Morgan fingerprint density at radius 3 is 2.50 bits per heavy atom. The van der Waals surface area contributed by atoms with Crippen LogP contribution in [-0.2, 0) is 0 Å². The van der Waals surface area contributed by atoms with Gasteiger partial charge in [0.15, 0.2) is 5.96 Å². The number of guanidine groups is 1. The van der Waals surface area contributed by atoms with Crippen molar-refractivity contribution >= 4 is 5.96 Å². The van der Waals surface area contributed by atoms with Gasteiger partial charge in [0.25, 0.3) is 0 Å². The summed E-state index contributed by atoms with van der Waals surface area (Å²) < 4.78 is 0. The molecule has 4 heteroatoms. The van der Waals surface area contributed by atoms with Gasteiger partial charge in [-0.15, -0.1) is 0 Å². The van der Waals surface area contributed by atoms with Crippen LogP contribution in [0.5, 0.6) is 0 Å². The van der Waals surface area contributed by atoms with Gasteiger partial charge in [-0.2, -0.15) is 0 Å². The van der Waals surface area contributed by atoms with Crippen LogP contribution in [0.25, 0.3) is 0 Å². The molecule has 0 aliphatic carbocycles. The molecule has 1 saturated heterocycles. The zero-order valence-electron chi connectivity index (χ0n) is 14.0. The topological polar surface area (TPSA) is 39.7 Å². The van der Waals surface area contributed by atoms with Crippen LogP contribution >= 0.6 is 0 Å². The molecule has 1 heterocycles. The fourth-order valence-electron chi connectivity index (χ4n) is 2.92. The minimum Gasteiger partial charge on any atom is -0.357 e. The number of aliphatic imine (C=N–C) groups is 1. The highest BCUT2D eigenvalue weighted by atomic mass is 15.2. The molecule has 2 N–H and O–H groups in total. The molecular formula is C18H30N4. The average molecular weight is 302 g/mol. The second-order valence-electron chi connectivity index (χ2n) is 5.82. The lowest BCUT2D eigenvalue weighted by molar-refractivity contribution is 0.251. The lowest BCUT2D eigenvalue weighted by atomic mass is 10.1. The Bertz CT molecular complexity index is 438. The van der Waals surface area contributed by atoms with Crippen molar-refractivity contribution in [1.29, 1.82) is 0 Å². The van der Waals surface area contributed by atoms with E-state index in [2.05, 4.69) is 59.7 Å². The zero-order valence-corrected chi connectivity index (χ0v) is 14.0. The number of rotatable bonds is 7. The summed E-state index contributed by atoms with van der Waals surface area (Å²) in [6, 6.07) is 11.2. The summed E-state index contributed by atoms with van der Waals surface area (Å²) in [5, 5.41) is 6.72. The molecule has 1 aliphatic rings. The SMILES string of the molecule is CCCNC(=NCC(c1ccccc1)N1CCCC1)NCC. The highest BCUT2D eigenvalue weighted by Gasteiger charge is 2.23. The van der Waals surface area contributed by atoms with Crippen LogP contribution < -0.4 is 10.6 Å². The van der Waals surface area contributed by atoms with E-state index in [9.17, 15) is 0 Å². The summed E-state index contributed by atoms with van der Waals surface area (Å²) in [4.78, 5) is 7.40. The third-order valence-electron chi connectivity index (χ3n) is 4.07. The smallest absolute Gasteiger partial charge is 0.191 e. The van der Waals surface area contributed by atoms with Gasteiger partial charge in [-0.3, -0.25) is 9.89 Å². The molecular weight excluding hydrogens is 272 g/mol. The van der Waals surface area contributed by atoms with E-state index in [0.29, 0.717) is 6.04 Å². The molecule has 0 radical (unpaired) electrons. The highest BCUT2D eigenvalue weighted by molar-refractivity contribution is 5.79. The summed E-state index contributed by atoms with van der Waals surface area (Å²) in [6.45, 7) is 9.33. The van der Waals surface area contributed by atoms with E-state index in [-0.39, 0.29) is 0 Å². The molecule has 0 spiro atoms. The van der Waals surface area contributed by atoms with E-state index in [1.807, 2.05) is 0 Å². The van der Waals surface area contributed by atoms with Gasteiger partial charge in [0.1, 0.15) is 0 Å². The minimum atomic E-state index is 0.390. The Hall–Kier alpha value is -1.55. The van der Waals surface area contributed by atoms with E-state index in [1.165, 1.54) is 31.5 Å². The molecule has 1 aromatic rings. The quantitative estimate of drug-likeness (QED) is 0.601. The molecule has 0 amide bonds. The van der Waals surface area contributed by atoms with E-state index >= 15 is 0 Å². The second kappa shape index (κ2) is 9.46. The van der Waals surface area contributed by atoms with Gasteiger partial charge >= 0.3 is 0 Å². The Morgan fingerprint density at radius 1 is 1.14 bits per heavy atom. The maximum atomic E-state index is 4.83. The van der Waals surface area contributed by atoms with Crippen LogP contribution in [0.2, 0.25) is 0 Å². The van der Waals surface area contributed by atoms with Crippen molar-refractivity contribution < 1.29 is 0 Å². The van der Waals surface area contributed by atoms with Crippen molar-refractivity contribution in [2.24, 2.45) is 4.99 Å². The van der Waals surface area contributed by atoms with Crippen molar-refractivity contribution in [1.82, 2.24) is 15.5 Å². The van der Waals surface area contributed by atoms with Gasteiger partial charge in [0, 0.05) is 13.1 Å². The lowest BCUT2D eigenvalue weighted by Crippen LogP contribution is -2.38. The minimum absolute atomic E-state index is 0.390. The fraction of sp³-hybridized carbons (Fsp3) is 0.611. The maximum Gasteiger partial charge on any atom is 0.191 e. The largest absolute Gasteiger partial charge is 0.357 e.